The molecule has 138 valence electrons. The van der Waals surface area contributed by atoms with Gasteiger partial charge in [0.1, 0.15) is 0 Å². The lowest BCUT2D eigenvalue weighted by Gasteiger charge is -2.23. The van der Waals surface area contributed by atoms with Gasteiger partial charge >= 0.3 is 0 Å². The van der Waals surface area contributed by atoms with Gasteiger partial charge in [-0.15, -0.1) is 0 Å². The fourth-order valence-corrected chi connectivity index (χ4v) is 4.89. The zero-order valence-corrected chi connectivity index (χ0v) is 15.4. The number of halogens is 2. The summed E-state index contributed by atoms with van der Waals surface area (Å²) in [6, 6.07) is 11.7. The molecule has 0 aromatic heterocycles. The Morgan fingerprint density at radius 2 is 1.15 bits per heavy atom. The number of hydrogen-bond acceptors (Lipinski definition) is 0. The molecule has 2 fully saturated rings. The van der Waals surface area contributed by atoms with Crippen LogP contribution in [0.1, 0.15) is 87.2 Å². The average Bonchev–Trinajstić information content (AvgIpc) is 2.71. The second kappa shape index (κ2) is 7.90. The van der Waals surface area contributed by atoms with E-state index in [1.165, 1.54) is 44.1 Å². The first-order chi connectivity index (χ1) is 12.7. The monoisotopic (exact) mass is 354 g/mol. The topological polar surface area (TPSA) is 0 Å². The van der Waals surface area contributed by atoms with E-state index < -0.39 is 11.6 Å². The number of benzene rings is 2. The van der Waals surface area contributed by atoms with Crippen LogP contribution < -0.4 is 0 Å². The maximum absolute atomic E-state index is 14.8. The van der Waals surface area contributed by atoms with E-state index in [4.69, 9.17) is 0 Å². The minimum atomic E-state index is -0.682. The van der Waals surface area contributed by atoms with E-state index in [9.17, 15) is 8.78 Å². The molecule has 0 radical (unpaired) electrons. The van der Waals surface area contributed by atoms with Crippen molar-refractivity contribution in [2.24, 2.45) is 0 Å². The molecule has 2 saturated carbocycles. The molecule has 2 aliphatic carbocycles. The van der Waals surface area contributed by atoms with Crippen molar-refractivity contribution >= 4 is 0 Å². The largest absolute Gasteiger partial charge is 0.203 e. The first-order valence-electron chi connectivity index (χ1n) is 10.3. The molecule has 0 saturated heterocycles. The van der Waals surface area contributed by atoms with Crippen molar-refractivity contribution in [2.75, 3.05) is 0 Å². The summed E-state index contributed by atoms with van der Waals surface area (Å²) in [7, 11) is 0. The molecule has 2 aromatic rings. The molecule has 2 aromatic carbocycles. The Kier molecular flexibility index (Phi) is 5.38. The predicted octanol–water partition coefficient (Wildman–Crippen LogP) is 7.73. The molecule has 0 heterocycles. The Balaban J connectivity index is 1.58. The van der Waals surface area contributed by atoms with Gasteiger partial charge < -0.3 is 0 Å². The minimum absolute atomic E-state index is 0.181. The van der Waals surface area contributed by atoms with Crippen molar-refractivity contribution in [1.82, 2.24) is 0 Å². The van der Waals surface area contributed by atoms with Gasteiger partial charge in [-0.1, -0.05) is 74.9 Å². The first-order valence-corrected chi connectivity index (χ1v) is 10.3. The van der Waals surface area contributed by atoms with Gasteiger partial charge in [0.15, 0.2) is 11.6 Å². The molecular weight excluding hydrogens is 326 g/mol. The van der Waals surface area contributed by atoms with E-state index in [2.05, 4.69) is 12.1 Å². The summed E-state index contributed by atoms with van der Waals surface area (Å²) in [6.07, 6.45) is 11.9. The molecule has 4 rings (SSSR count). The molecule has 0 amide bonds. The zero-order chi connectivity index (χ0) is 17.9. The van der Waals surface area contributed by atoms with Crippen molar-refractivity contribution in [3.63, 3.8) is 0 Å². The maximum atomic E-state index is 14.8. The Hall–Kier alpha value is -1.70. The SMILES string of the molecule is Fc1c(-c2ccc(C3CCCCC3)cc2)ccc(C2CCCCC2)c1F. The average molecular weight is 354 g/mol. The molecule has 0 bridgehead atoms. The lowest BCUT2D eigenvalue weighted by atomic mass is 9.82. The van der Waals surface area contributed by atoms with Crippen LogP contribution in [0.2, 0.25) is 0 Å². The van der Waals surface area contributed by atoms with Crippen LogP contribution in [-0.4, -0.2) is 0 Å². The number of rotatable bonds is 3. The van der Waals surface area contributed by atoms with E-state index in [-0.39, 0.29) is 5.92 Å². The lowest BCUT2D eigenvalue weighted by molar-refractivity contribution is 0.418. The summed E-state index contributed by atoms with van der Waals surface area (Å²) >= 11 is 0. The summed E-state index contributed by atoms with van der Waals surface area (Å²) in [5, 5.41) is 0. The fraction of sp³-hybridized carbons (Fsp3) is 0.500. The van der Waals surface area contributed by atoms with Crippen molar-refractivity contribution in [2.45, 2.75) is 76.0 Å². The smallest absolute Gasteiger partial charge is 0.166 e. The third kappa shape index (κ3) is 3.56. The van der Waals surface area contributed by atoms with Crippen LogP contribution in [0, 0.1) is 11.6 Å². The zero-order valence-electron chi connectivity index (χ0n) is 15.4. The van der Waals surface area contributed by atoms with Crippen LogP contribution in [-0.2, 0) is 0 Å². The third-order valence-corrected chi connectivity index (χ3v) is 6.46. The highest BCUT2D eigenvalue weighted by molar-refractivity contribution is 5.65. The highest BCUT2D eigenvalue weighted by Crippen LogP contribution is 2.38. The Labute approximate surface area is 155 Å². The van der Waals surface area contributed by atoms with E-state index in [1.807, 2.05) is 18.2 Å². The molecule has 0 nitrogen and oxygen atoms in total. The summed E-state index contributed by atoms with van der Waals surface area (Å²) in [4.78, 5) is 0. The van der Waals surface area contributed by atoms with Gasteiger partial charge in [-0.2, -0.15) is 0 Å². The molecule has 26 heavy (non-hydrogen) atoms. The van der Waals surface area contributed by atoms with Crippen molar-refractivity contribution in [3.8, 4) is 11.1 Å². The van der Waals surface area contributed by atoms with Gasteiger partial charge in [-0.25, -0.2) is 8.78 Å². The summed E-state index contributed by atoms with van der Waals surface area (Å²) in [5.41, 5.74) is 3.08. The van der Waals surface area contributed by atoms with Gasteiger partial charge in [0.2, 0.25) is 0 Å². The van der Waals surface area contributed by atoms with Gasteiger partial charge in [0.05, 0.1) is 0 Å². The van der Waals surface area contributed by atoms with Gasteiger partial charge in [0, 0.05) is 5.56 Å². The highest BCUT2D eigenvalue weighted by Gasteiger charge is 2.23. The van der Waals surface area contributed by atoms with Crippen molar-refractivity contribution in [1.29, 1.82) is 0 Å². The van der Waals surface area contributed by atoms with Crippen LogP contribution >= 0.6 is 0 Å². The predicted molar refractivity (Wildman–Crippen MR) is 103 cm³/mol. The van der Waals surface area contributed by atoms with E-state index in [1.54, 1.807) is 6.07 Å². The molecule has 0 unspecified atom stereocenters. The molecule has 0 spiro atoms. The summed E-state index contributed by atoms with van der Waals surface area (Å²) in [6.45, 7) is 0. The minimum Gasteiger partial charge on any atom is -0.203 e. The molecule has 2 aliphatic rings. The molecular formula is C24H28F2. The summed E-state index contributed by atoms with van der Waals surface area (Å²) < 4.78 is 29.5. The molecule has 0 N–H and O–H groups in total. The van der Waals surface area contributed by atoms with Gasteiger partial charge in [-0.3, -0.25) is 0 Å². The third-order valence-electron chi connectivity index (χ3n) is 6.46. The van der Waals surface area contributed by atoms with E-state index in [0.29, 0.717) is 17.0 Å². The van der Waals surface area contributed by atoms with Crippen LogP contribution in [0.3, 0.4) is 0 Å². The quantitative estimate of drug-likeness (QED) is 0.529. The Morgan fingerprint density at radius 1 is 0.577 bits per heavy atom. The van der Waals surface area contributed by atoms with Crippen LogP contribution in [0.15, 0.2) is 36.4 Å². The second-order valence-corrected chi connectivity index (χ2v) is 8.12. The first kappa shape index (κ1) is 17.7. The highest BCUT2D eigenvalue weighted by atomic mass is 19.2. The molecule has 0 aliphatic heterocycles. The standard InChI is InChI=1S/C24H28F2/c25-23-21(19-9-5-2-6-10-19)15-16-22(24(23)26)20-13-11-18(12-14-20)17-7-3-1-4-8-17/h11-17,19H,1-10H2. The Bertz CT molecular complexity index is 736. The van der Waals surface area contributed by atoms with E-state index >= 15 is 0 Å². The molecule has 2 heteroatoms. The Morgan fingerprint density at radius 3 is 1.77 bits per heavy atom. The van der Waals surface area contributed by atoms with Gasteiger partial charge in [-0.05, 0) is 54.2 Å². The number of hydrogen-bond donors (Lipinski definition) is 0. The van der Waals surface area contributed by atoms with Crippen LogP contribution in [0.4, 0.5) is 8.78 Å². The van der Waals surface area contributed by atoms with Gasteiger partial charge in [0.25, 0.3) is 0 Å². The van der Waals surface area contributed by atoms with E-state index in [0.717, 1.165) is 31.2 Å². The summed E-state index contributed by atoms with van der Waals surface area (Å²) in [5.74, 6) is -0.502. The normalized spacial score (nSPS) is 19.6. The van der Waals surface area contributed by atoms with Crippen LogP contribution in [0.5, 0.6) is 0 Å². The fourth-order valence-electron chi connectivity index (χ4n) is 4.89. The molecule has 0 atom stereocenters. The van der Waals surface area contributed by atoms with Crippen molar-refractivity contribution < 1.29 is 8.78 Å². The lowest BCUT2D eigenvalue weighted by Crippen LogP contribution is -2.08. The second-order valence-electron chi connectivity index (χ2n) is 8.12. The maximum Gasteiger partial charge on any atom is 0.166 e. The van der Waals surface area contributed by atoms with Crippen molar-refractivity contribution in [3.05, 3.63) is 59.2 Å². The van der Waals surface area contributed by atoms with Crippen LogP contribution in [0.25, 0.3) is 11.1 Å².